The molecule has 0 saturated carbocycles. The van der Waals surface area contributed by atoms with Gasteiger partial charge in [0.1, 0.15) is 0 Å². The van der Waals surface area contributed by atoms with Crippen molar-refractivity contribution in [3.63, 3.8) is 0 Å². The fraction of sp³-hybridized carbons (Fsp3) is 0.294. The van der Waals surface area contributed by atoms with Crippen LogP contribution in [0.5, 0.6) is 0 Å². The molecule has 0 aliphatic rings. The molecule has 0 aromatic carbocycles. The zero-order valence-corrected chi connectivity index (χ0v) is 11.7. The van der Waals surface area contributed by atoms with Gasteiger partial charge in [-0.3, -0.25) is 0 Å². The highest BCUT2D eigenvalue weighted by Gasteiger charge is 1.94. The van der Waals surface area contributed by atoms with Gasteiger partial charge in [0.05, 0.1) is 0 Å². The van der Waals surface area contributed by atoms with Gasteiger partial charge < -0.3 is 0 Å². The molecule has 0 N–H and O–H groups in total. The van der Waals surface area contributed by atoms with Gasteiger partial charge in [-0.25, -0.2) is 0 Å². The number of hydrogen-bond acceptors (Lipinski definition) is 0. The molecule has 0 aliphatic heterocycles. The minimum absolute atomic E-state index is 1.01. The second-order valence-electron chi connectivity index (χ2n) is 3.01. The molecule has 94 valence electrons. The molecular formula is C17H26. The van der Waals surface area contributed by atoms with Crippen LogP contribution in [-0.2, 0) is 0 Å². The van der Waals surface area contributed by atoms with Crippen LogP contribution in [0, 0.1) is 0 Å². The van der Waals surface area contributed by atoms with Gasteiger partial charge in [0.2, 0.25) is 0 Å². The summed E-state index contributed by atoms with van der Waals surface area (Å²) in [5.41, 5.74) is 2.32. The number of hydrogen-bond donors (Lipinski definition) is 0. The van der Waals surface area contributed by atoms with Crippen LogP contribution in [0.25, 0.3) is 0 Å². The van der Waals surface area contributed by atoms with E-state index in [4.69, 9.17) is 0 Å². The molecule has 0 radical (unpaired) electrons. The Hall–Kier alpha value is -1.56. The maximum atomic E-state index is 3.82. The molecule has 0 saturated heterocycles. The Bertz CT molecular complexity index is 309. The lowest BCUT2D eigenvalue weighted by molar-refractivity contribution is 1.20. The van der Waals surface area contributed by atoms with Gasteiger partial charge in [0, 0.05) is 0 Å². The van der Waals surface area contributed by atoms with Crippen molar-refractivity contribution in [1.29, 1.82) is 0 Å². The third-order valence-corrected chi connectivity index (χ3v) is 1.86. The van der Waals surface area contributed by atoms with Crippen LogP contribution in [0.15, 0.2) is 72.9 Å². The fourth-order valence-electron chi connectivity index (χ4n) is 1.16. The fourth-order valence-corrected chi connectivity index (χ4v) is 1.16. The standard InChI is InChI=1S/C15H20.C2H6/c1-5-9-12-14(8-4)15(11-7-3)13-10-6-2;1-2/h5-6,8-13H,2,4,7H2,1,3H3;1-2H3/b9-5-,13-10-,14-12-,15-11-;. The molecule has 0 bridgehead atoms. The van der Waals surface area contributed by atoms with E-state index in [2.05, 4.69) is 32.2 Å². The SMILES string of the molecule is C=C\C=C/C(=C/CC)C(/C=C)=C\C=C/C.CC. The molecule has 0 aromatic heterocycles. The van der Waals surface area contributed by atoms with Crippen molar-refractivity contribution in [3.05, 3.63) is 72.9 Å². The summed E-state index contributed by atoms with van der Waals surface area (Å²) in [6, 6.07) is 0. The molecule has 0 amide bonds. The quantitative estimate of drug-likeness (QED) is 0.507. The largest absolute Gasteiger partial charge is 0.0991 e. The van der Waals surface area contributed by atoms with Crippen molar-refractivity contribution in [3.8, 4) is 0 Å². The maximum Gasteiger partial charge on any atom is -0.0193 e. The summed E-state index contributed by atoms with van der Waals surface area (Å²) in [5.74, 6) is 0. The van der Waals surface area contributed by atoms with Gasteiger partial charge in [-0.05, 0) is 24.5 Å². The summed E-state index contributed by atoms with van der Waals surface area (Å²) in [5, 5.41) is 0. The van der Waals surface area contributed by atoms with Gasteiger partial charge in [-0.1, -0.05) is 82.5 Å². The third kappa shape index (κ3) is 9.37. The van der Waals surface area contributed by atoms with Crippen LogP contribution in [0.3, 0.4) is 0 Å². The molecular weight excluding hydrogens is 204 g/mol. The minimum atomic E-state index is 1.01. The van der Waals surface area contributed by atoms with Gasteiger partial charge in [0.25, 0.3) is 0 Å². The van der Waals surface area contributed by atoms with Crippen molar-refractivity contribution in [2.24, 2.45) is 0 Å². The van der Waals surface area contributed by atoms with Crippen LogP contribution in [0.4, 0.5) is 0 Å². The first-order valence-electron chi connectivity index (χ1n) is 6.25. The van der Waals surface area contributed by atoms with Crippen molar-refractivity contribution in [2.75, 3.05) is 0 Å². The van der Waals surface area contributed by atoms with Crippen LogP contribution in [0.1, 0.15) is 34.1 Å². The Morgan fingerprint density at radius 1 is 1.06 bits per heavy atom. The van der Waals surface area contributed by atoms with Crippen molar-refractivity contribution in [1.82, 2.24) is 0 Å². The molecule has 0 nitrogen and oxygen atoms in total. The second kappa shape index (κ2) is 14.4. The summed E-state index contributed by atoms with van der Waals surface area (Å²) in [6.07, 6.45) is 16.9. The third-order valence-electron chi connectivity index (χ3n) is 1.86. The summed E-state index contributed by atoms with van der Waals surface area (Å²) in [4.78, 5) is 0. The Kier molecular flexibility index (Phi) is 15.1. The van der Waals surface area contributed by atoms with E-state index in [-0.39, 0.29) is 0 Å². The van der Waals surface area contributed by atoms with E-state index in [0.29, 0.717) is 0 Å². The zero-order chi connectivity index (χ0) is 13.5. The van der Waals surface area contributed by atoms with E-state index in [1.165, 1.54) is 5.57 Å². The van der Waals surface area contributed by atoms with E-state index in [0.717, 1.165) is 12.0 Å². The zero-order valence-electron chi connectivity index (χ0n) is 11.7. The summed E-state index contributed by atoms with van der Waals surface area (Å²) in [7, 11) is 0. The molecule has 0 rings (SSSR count). The normalized spacial score (nSPS) is 12.5. The minimum Gasteiger partial charge on any atom is -0.0991 e. The number of allylic oxidation sites excluding steroid dienone is 10. The highest BCUT2D eigenvalue weighted by molar-refractivity contribution is 5.47. The molecule has 0 atom stereocenters. The first-order chi connectivity index (χ1) is 8.29. The van der Waals surface area contributed by atoms with Crippen LogP contribution >= 0.6 is 0 Å². The second-order valence-corrected chi connectivity index (χ2v) is 3.01. The lowest BCUT2D eigenvalue weighted by atomic mass is 10.0. The van der Waals surface area contributed by atoms with Crippen molar-refractivity contribution >= 4 is 0 Å². The van der Waals surface area contributed by atoms with E-state index in [1.54, 1.807) is 6.08 Å². The van der Waals surface area contributed by atoms with Gasteiger partial charge in [-0.2, -0.15) is 0 Å². The van der Waals surface area contributed by atoms with Crippen LogP contribution in [-0.4, -0.2) is 0 Å². The van der Waals surface area contributed by atoms with Gasteiger partial charge >= 0.3 is 0 Å². The smallest absolute Gasteiger partial charge is 0.0193 e. The highest BCUT2D eigenvalue weighted by Crippen LogP contribution is 2.14. The predicted octanol–water partition coefficient (Wildman–Crippen LogP) is 5.78. The maximum absolute atomic E-state index is 3.82. The molecule has 0 aromatic rings. The highest BCUT2D eigenvalue weighted by atomic mass is 14.0. The number of rotatable bonds is 6. The molecule has 17 heavy (non-hydrogen) atoms. The lowest BCUT2D eigenvalue weighted by Gasteiger charge is -2.01. The summed E-state index contributed by atoms with van der Waals surface area (Å²) in [6.45, 7) is 15.6. The van der Waals surface area contributed by atoms with Crippen molar-refractivity contribution < 1.29 is 0 Å². The Labute approximate surface area is 107 Å². The van der Waals surface area contributed by atoms with E-state index in [9.17, 15) is 0 Å². The van der Waals surface area contributed by atoms with Gasteiger partial charge in [-0.15, -0.1) is 0 Å². The van der Waals surface area contributed by atoms with Gasteiger partial charge in [0.15, 0.2) is 0 Å². The molecule has 0 aliphatic carbocycles. The molecule has 0 spiro atoms. The summed E-state index contributed by atoms with van der Waals surface area (Å²) >= 11 is 0. The molecule has 0 heteroatoms. The van der Waals surface area contributed by atoms with Crippen LogP contribution in [0.2, 0.25) is 0 Å². The van der Waals surface area contributed by atoms with Crippen molar-refractivity contribution in [2.45, 2.75) is 34.1 Å². The predicted molar refractivity (Wildman–Crippen MR) is 82.2 cm³/mol. The molecule has 0 heterocycles. The lowest BCUT2D eigenvalue weighted by Crippen LogP contribution is -1.82. The molecule has 0 unspecified atom stereocenters. The Balaban J connectivity index is 0. The Morgan fingerprint density at radius 2 is 1.71 bits per heavy atom. The average Bonchev–Trinajstić information content (AvgIpc) is 2.39. The summed E-state index contributed by atoms with van der Waals surface area (Å²) < 4.78 is 0. The first-order valence-corrected chi connectivity index (χ1v) is 6.25. The van der Waals surface area contributed by atoms with Crippen LogP contribution < -0.4 is 0 Å². The van der Waals surface area contributed by atoms with E-state index in [1.807, 2.05) is 51.2 Å². The average molecular weight is 230 g/mol. The van der Waals surface area contributed by atoms with E-state index < -0.39 is 0 Å². The topological polar surface area (TPSA) is 0 Å². The molecule has 0 fully saturated rings. The first kappa shape index (κ1) is 17.8. The monoisotopic (exact) mass is 230 g/mol. The van der Waals surface area contributed by atoms with E-state index >= 15 is 0 Å². The Morgan fingerprint density at radius 3 is 2.12 bits per heavy atom.